The Morgan fingerprint density at radius 1 is 1.21 bits per heavy atom. The first-order valence-corrected chi connectivity index (χ1v) is 7.07. The van der Waals surface area contributed by atoms with Crippen molar-refractivity contribution < 1.29 is 9.47 Å². The van der Waals surface area contributed by atoms with Crippen LogP contribution in [0.1, 0.15) is 32.8 Å². The SMILES string of the molecule is CCC(C)N(CC)Cc1cc2c(cc1N)OCCO2. The predicted molar refractivity (Wildman–Crippen MR) is 77.7 cm³/mol. The highest BCUT2D eigenvalue weighted by molar-refractivity contribution is 5.58. The zero-order valence-corrected chi connectivity index (χ0v) is 12.1. The minimum atomic E-state index is 0.553. The van der Waals surface area contributed by atoms with Gasteiger partial charge in [0, 0.05) is 24.3 Å². The van der Waals surface area contributed by atoms with Crippen LogP contribution >= 0.6 is 0 Å². The Hall–Kier alpha value is -1.42. The van der Waals surface area contributed by atoms with Gasteiger partial charge in [0.05, 0.1) is 0 Å². The fourth-order valence-electron chi connectivity index (χ4n) is 2.34. The fourth-order valence-corrected chi connectivity index (χ4v) is 2.34. The molecule has 0 saturated carbocycles. The molecule has 0 amide bonds. The van der Waals surface area contributed by atoms with Crippen molar-refractivity contribution in [2.45, 2.75) is 39.8 Å². The lowest BCUT2D eigenvalue weighted by Crippen LogP contribution is -2.32. The van der Waals surface area contributed by atoms with Crippen molar-refractivity contribution in [1.29, 1.82) is 0 Å². The van der Waals surface area contributed by atoms with E-state index in [9.17, 15) is 0 Å². The summed E-state index contributed by atoms with van der Waals surface area (Å²) in [6.45, 7) is 9.72. The zero-order valence-electron chi connectivity index (χ0n) is 12.1. The average Bonchev–Trinajstić information content (AvgIpc) is 2.44. The van der Waals surface area contributed by atoms with Gasteiger partial charge in [0.15, 0.2) is 11.5 Å². The van der Waals surface area contributed by atoms with Crippen LogP contribution in [0.15, 0.2) is 12.1 Å². The van der Waals surface area contributed by atoms with Gasteiger partial charge in [0.1, 0.15) is 13.2 Å². The molecule has 4 heteroatoms. The fraction of sp³-hybridized carbons (Fsp3) is 0.600. The molecule has 0 aromatic heterocycles. The minimum absolute atomic E-state index is 0.553. The third-order valence-electron chi connectivity index (χ3n) is 3.80. The van der Waals surface area contributed by atoms with E-state index < -0.39 is 0 Å². The lowest BCUT2D eigenvalue weighted by atomic mass is 10.1. The van der Waals surface area contributed by atoms with E-state index in [4.69, 9.17) is 15.2 Å². The molecular weight excluding hydrogens is 240 g/mol. The molecule has 2 N–H and O–H groups in total. The summed E-state index contributed by atoms with van der Waals surface area (Å²) in [5, 5.41) is 0. The van der Waals surface area contributed by atoms with E-state index in [0.29, 0.717) is 19.3 Å². The monoisotopic (exact) mass is 264 g/mol. The number of fused-ring (bicyclic) bond motifs is 1. The van der Waals surface area contributed by atoms with Crippen molar-refractivity contribution in [1.82, 2.24) is 4.90 Å². The van der Waals surface area contributed by atoms with Crippen LogP contribution in [0, 0.1) is 0 Å². The molecule has 1 aliphatic heterocycles. The maximum Gasteiger partial charge on any atom is 0.163 e. The number of benzene rings is 1. The third kappa shape index (κ3) is 3.13. The molecule has 19 heavy (non-hydrogen) atoms. The largest absolute Gasteiger partial charge is 0.486 e. The van der Waals surface area contributed by atoms with E-state index in [1.807, 2.05) is 12.1 Å². The Balaban J connectivity index is 2.19. The van der Waals surface area contributed by atoms with Gasteiger partial charge in [-0.2, -0.15) is 0 Å². The number of nitrogen functional groups attached to an aromatic ring is 1. The summed E-state index contributed by atoms with van der Waals surface area (Å²) < 4.78 is 11.2. The average molecular weight is 264 g/mol. The summed E-state index contributed by atoms with van der Waals surface area (Å²) in [5.74, 6) is 1.58. The second-order valence-electron chi connectivity index (χ2n) is 5.02. The summed E-state index contributed by atoms with van der Waals surface area (Å²) in [6, 6.07) is 4.46. The van der Waals surface area contributed by atoms with Crippen LogP contribution in [0.5, 0.6) is 11.5 Å². The van der Waals surface area contributed by atoms with E-state index >= 15 is 0 Å². The zero-order chi connectivity index (χ0) is 13.8. The number of anilines is 1. The van der Waals surface area contributed by atoms with Crippen LogP contribution in [0.4, 0.5) is 5.69 Å². The van der Waals surface area contributed by atoms with Crippen molar-refractivity contribution in [3.63, 3.8) is 0 Å². The molecule has 4 nitrogen and oxygen atoms in total. The van der Waals surface area contributed by atoms with Crippen LogP contribution in [-0.2, 0) is 6.54 Å². The molecule has 1 atom stereocenters. The molecule has 1 aromatic rings. The molecule has 0 bridgehead atoms. The van der Waals surface area contributed by atoms with Gasteiger partial charge in [-0.25, -0.2) is 0 Å². The Morgan fingerprint density at radius 2 is 1.84 bits per heavy atom. The van der Waals surface area contributed by atoms with Gasteiger partial charge in [0.25, 0.3) is 0 Å². The van der Waals surface area contributed by atoms with Gasteiger partial charge in [-0.1, -0.05) is 13.8 Å². The van der Waals surface area contributed by atoms with Crippen molar-refractivity contribution in [3.05, 3.63) is 17.7 Å². The molecule has 1 unspecified atom stereocenters. The molecule has 0 aliphatic carbocycles. The third-order valence-corrected chi connectivity index (χ3v) is 3.80. The molecule has 1 aliphatic rings. The van der Waals surface area contributed by atoms with Crippen LogP contribution in [0.25, 0.3) is 0 Å². The summed E-state index contributed by atoms with van der Waals surface area (Å²) in [5.41, 5.74) is 8.03. The molecule has 0 fully saturated rings. The molecule has 1 aromatic carbocycles. The number of rotatable bonds is 5. The topological polar surface area (TPSA) is 47.7 Å². The molecule has 0 spiro atoms. The predicted octanol–water partition coefficient (Wildman–Crippen LogP) is 2.66. The van der Waals surface area contributed by atoms with Gasteiger partial charge in [0.2, 0.25) is 0 Å². The van der Waals surface area contributed by atoms with E-state index in [0.717, 1.165) is 42.3 Å². The first kappa shape index (κ1) is 14.0. The Bertz CT molecular complexity index is 434. The molecule has 106 valence electrons. The number of hydrogen-bond donors (Lipinski definition) is 1. The molecule has 0 saturated heterocycles. The van der Waals surface area contributed by atoms with Gasteiger partial charge in [-0.15, -0.1) is 0 Å². The van der Waals surface area contributed by atoms with E-state index in [-0.39, 0.29) is 0 Å². The van der Waals surface area contributed by atoms with Crippen LogP contribution in [0.3, 0.4) is 0 Å². The van der Waals surface area contributed by atoms with Crippen LogP contribution in [-0.4, -0.2) is 30.7 Å². The van der Waals surface area contributed by atoms with Crippen LogP contribution < -0.4 is 15.2 Å². The van der Waals surface area contributed by atoms with Crippen molar-refractivity contribution in [2.24, 2.45) is 0 Å². The second-order valence-corrected chi connectivity index (χ2v) is 5.02. The molecular formula is C15H24N2O2. The molecule has 1 heterocycles. The van der Waals surface area contributed by atoms with E-state index in [1.54, 1.807) is 0 Å². The number of hydrogen-bond acceptors (Lipinski definition) is 4. The molecule has 2 rings (SSSR count). The lowest BCUT2D eigenvalue weighted by molar-refractivity contribution is 0.170. The Kier molecular flexibility index (Phi) is 4.53. The second kappa shape index (κ2) is 6.15. The number of nitrogens with two attached hydrogens (primary N) is 1. The van der Waals surface area contributed by atoms with Gasteiger partial charge in [-0.3, -0.25) is 4.90 Å². The maximum atomic E-state index is 6.13. The van der Waals surface area contributed by atoms with E-state index in [2.05, 4.69) is 25.7 Å². The standard InChI is InChI=1S/C15H24N2O2/c1-4-11(3)17(5-2)10-12-8-14-15(9-13(12)16)19-7-6-18-14/h8-9,11H,4-7,10,16H2,1-3H3. The lowest BCUT2D eigenvalue weighted by Gasteiger charge is -2.28. The van der Waals surface area contributed by atoms with Gasteiger partial charge >= 0.3 is 0 Å². The van der Waals surface area contributed by atoms with Crippen molar-refractivity contribution in [3.8, 4) is 11.5 Å². The van der Waals surface area contributed by atoms with Crippen molar-refractivity contribution in [2.75, 3.05) is 25.5 Å². The highest BCUT2D eigenvalue weighted by Crippen LogP contribution is 2.35. The smallest absolute Gasteiger partial charge is 0.163 e. The van der Waals surface area contributed by atoms with E-state index in [1.165, 1.54) is 0 Å². The maximum absolute atomic E-state index is 6.13. The van der Waals surface area contributed by atoms with Gasteiger partial charge < -0.3 is 15.2 Å². The minimum Gasteiger partial charge on any atom is -0.486 e. The van der Waals surface area contributed by atoms with Crippen molar-refractivity contribution >= 4 is 5.69 Å². The van der Waals surface area contributed by atoms with Gasteiger partial charge in [-0.05, 0) is 31.5 Å². The quantitative estimate of drug-likeness (QED) is 0.831. The summed E-state index contributed by atoms with van der Waals surface area (Å²) in [4.78, 5) is 2.42. The van der Waals surface area contributed by atoms with Crippen LogP contribution in [0.2, 0.25) is 0 Å². The first-order valence-electron chi connectivity index (χ1n) is 7.07. The first-order chi connectivity index (χ1) is 9.15. The number of nitrogens with zero attached hydrogens (tertiary/aromatic N) is 1. The Labute approximate surface area is 115 Å². The molecule has 0 radical (unpaired) electrons. The summed E-state index contributed by atoms with van der Waals surface area (Å²) in [6.07, 6.45) is 1.14. The summed E-state index contributed by atoms with van der Waals surface area (Å²) >= 11 is 0. The highest BCUT2D eigenvalue weighted by Gasteiger charge is 2.17. The number of ether oxygens (including phenoxy) is 2. The Morgan fingerprint density at radius 3 is 2.42 bits per heavy atom. The summed E-state index contributed by atoms with van der Waals surface area (Å²) in [7, 11) is 0. The normalized spacial score (nSPS) is 15.6. The highest BCUT2D eigenvalue weighted by atomic mass is 16.6.